The highest BCUT2D eigenvalue weighted by molar-refractivity contribution is 5.59. The number of nitrogens with zero attached hydrogens (tertiary/aromatic N) is 6. The second kappa shape index (κ2) is 7.51. The first kappa shape index (κ1) is 19.6. The molecule has 3 aromatic heterocycles. The molecule has 2 aliphatic heterocycles. The molecule has 1 saturated carbocycles. The van der Waals surface area contributed by atoms with Crippen molar-refractivity contribution in [2.45, 2.75) is 57.1 Å². The van der Waals surface area contributed by atoms with Gasteiger partial charge in [-0.2, -0.15) is 10.2 Å². The Labute approximate surface area is 185 Å². The van der Waals surface area contributed by atoms with E-state index in [1.54, 1.807) is 12.3 Å². The molecule has 0 N–H and O–H groups in total. The van der Waals surface area contributed by atoms with Gasteiger partial charge in [0.2, 0.25) is 0 Å². The molecule has 0 atom stereocenters. The Hall–Kier alpha value is -3.07. The summed E-state index contributed by atoms with van der Waals surface area (Å²) in [7, 11) is 0. The van der Waals surface area contributed by atoms with Gasteiger partial charge in [-0.25, -0.2) is 4.68 Å². The lowest BCUT2D eigenvalue weighted by atomic mass is 9.86. The van der Waals surface area contributed by atoms with Gasteiger partial charge in [0, 0.05) is 37.2 Å². The van der Waals surface area contributed by atoms with E-state index < -0.39 is 0 Å². The fourth-order valence-corrected chi connectivity index (χ4v) is 4.72. The standard InChI is InChI=1S/C23H26N6O3/c1-15-4-7-19(26-25-15)21-18(22(32-27-21)16-5-6-16)12-29-20(30)10-17(11-24-29)28-13-23(14-28)8-2-3-9-31-23/h4,7,10-11,16H,2-3,5-6,8-9,12-14H2,1H3. The zero-order valence-corrected chi connectivity index (χ0v) is 18.2. The molecule has 3 aromatic rings. The van der Waals surface area contributed by atoms with Gasteiger partial charge in [0.25, 0.3) is 5.56 Å². The van der Waals surface area contributed by atoms with E-state index in [0.717, 1.165) is 68.1 Å². The summed E-state index contributed by atoms with van der Waals surface area (Å²) in [6.07, 6.45) is 7.36. The van der Waals surface area contributed by atoms with Crippen LogP contribution in [0.5, 0.6) is 0 Å². The highest BCUT2D eigenvalue weighted by Gasteiger charge is 2.45. The van der Waals surface area contributed by atoms with Crippen LogP contribution in [0.25, 0.3) is 11.4 Å². The summed E-state index contributed by atoms with van der Waals surface area (Å²) >= 11 is 0. The first-order valence-electron chi connectivity index (χ1n) is 11.4. The van der Waals surface area contributed by atoms with E-state index in [4.69, 9.17) is 9.26 Å². The maximum absolute atomic E-state index is 12.9. The quantitative estimate of drug-likeness (QED) is 0.604. The molecule has 1 spiro atoms. The lowest BCUT2D eigenvalue weighted by molar-refractivity contribution is -0.0949. The molecule has 0 amide bonds. The van der Waals surface area contributed by atoms with Crippen molar-refractivity contribution in [3.8, 4) is 11.4 Å². The molecular formula is C23H26N6O3. The summed E-state index contributed by atoms with van der Waals surface area (Å²) < 4.78 is 13.2. The Morgan fingerprint density at radius 3 is 2.75 bits per heavy atom. The van der Waals surface area contributed by atoms with Crippen molar-refractivity contribution < 1.29 is 9.26 Å². The fraction of sp³-hybridized carbons (Fsp3) is 0.522. The number of aryl methyl sites for hydroxylation is 1. The predicted octanol–water partition coefficient (Wildman–Crippen LogP) is 2.68. The average molecular weight is 435 g/mol. The van der Waals surface area contributed by atoms with Crippen LogP contribution in [0.4, 0.5) is 5.69 Å². The van der Waals surface area contributed by atoms with E-state index in [9.17, 15) is 4.79 Å². The third-order valence-corrected chi connectivity index (χ3v) is 6.73. The van der Waals surface area contributed by atoms with Crippen LogP contribution in [0.2, 0.25) is 0 Å². The van der Waals surface area contributed by atoms with Crippen molar-refractivity contribution in [2.24, 2.45) is 0 Å². The minimum Gasteiger partial charge on any atom is -0.371 e. The molecule has 1 aliphatic carbocycles. The molecule has 5 heterocycles. The zero-order chi connectivity index (χ0) is 21.7. The minimum absolute atomic E-state index is 0.0291. The van der Waals surface area contributed by atoms with Crippen molar-refractivity contribution in [2.75, 3.05) is 24.6 Å². The number of hydrogen-bond acceptors (Lipinski definition) is 8. The van der Waals surface area contributed by atoms with Crippen LogP contribution in [-0.4, -0.2) is 50.4 Å². The van der Waals surface area contributed by atoms with Crippen LogP contribution in [-0.2, 0) is 11.3 Å². The number of anilines is 1. The van der Waals surface area contributed by atoms with E-state index in [0.29, 0.717) is 23.9 Å². The topological polar surface area (TPSA) is 99.2 Å². The molecule has 0 bridgehead atoms. The van der Waals surface area contributed by atoms with E-state index in [1.165, 1.54) is 11.1 Å². The molecule has 9 heteroatoms. The summed E-state index contributed by atoms with van der Waals surface area (Å²) in [5.41, 5.74) is 3.66. The highest BCUT2D eigenvalue weighted by atomic mass is 16.5. The Bertz CT molecular complexity index is 1180. The SMILES string of the molecule is Cc1ccc(-c2noc(C3CC3)c2Cn2ncc(N3CC4(CCCCO4)C3)cc2=O)nn1. The molecule has 166 valence electrons. The summed E-state index contributed by atoms with van der Waals surface area (Å²) in [6, 6.07) is 5.44. The third-order valence-electron chi connectivity index (χ3n) is 6.73. The minimum atomic E-state index is -0.142. The molecule has 9 nitrogen and oxygen atoms in total. The van der Waals surface area contributed by atoms with Crippen molar-refractivity contribution in [1.82, 2.24) is 25.1 Å². The highest BCUT2D eigenvalue weighted by Crippen LogP contribution is 2.44. The summed E-state index contributed by atoms with van der Waals surface area (Å²) in [4.78, 5) is 15.1. The van der Waals surface area contributed by atoms with Crippen LogP contribution in [0, 0.1) is 6.92 Å². The molecule has 6 rings (SSSR count). The Morgan fingerprint density at radius 2 is 2.06 bits per heavy atom. The van der Waals surface area contributed by atoms with Crippen LogP contribution in [0.15, 0.2) is 33.7 Å². The lowest BCUT2D eigenvalue weighted by Crippen LogP contribution is -2.64. The smallest absolute Gasteiger partial charge is 0.269 e. The van der Waals surface area contributed by atoms with Crippen molar-refractivity contribution >= 4 is 5.69 Å². The summed E-state index contributed by atoms with van der Waals surface area (Å²) in [5, 5.41) is 17.2. The lowest BCUT2D eigenvalue weighted by Gasteiger charge is -2.52. The first-order valence-corrected chi connectivity index (χ1v) is 11.4. The van der Waals surface area contributed by atoms with Gasteiger partial charge in [-0.05, 0) is 51.2 Å². The van der Waals surface area contributed by atoms with Crippen LogP contribution < -0.4 is 10.5 Å². The predicted molar refractivity (Wildman–Crippen MR) is 117 cm³/mol. The van der Waals surface area contributed by atoms with Crippen LogP contribution >= 0.6 is 0 Å². The maximum atomic E-state index is 12.9. The van der Waals surface area contributed by atoms with Gasteiger partial charge >= 0.3 is 0 Å². The molecule has 3 aliphatic rings. The van der Waals surface area contributed by atoms with E-state index in [1.807, 2.05) is 19.1 Å². The van der Waals surface area contributed by atoms with Gasteiger partial charge in [0.05, 0.1) is 24.1 Å². The monoisotopic (exact) mass is 434 g/mol. The average Bonchev–Trinajstić information content (AvgIpc) is 3.55. The number of rotatable bonds is 5. The molecule has 0 aromatic carbocycles. The molecule has 2 saturated heterocycles. The zero-order valence-electron chi connectivity index (χ0n) is 18.2. The molecule has 32 heavy (non-hydrogen) atoms. The van der Waals surface area contributed by atoms with Crippen molar-refractivity contribution in [3.63, 3.8) is 0 Å². The van der Waals surface area contributed by atoms with Gasteiger partial charge in [0.1, 0.15) is 22.7 Å². The fourth-order valence-electron chi connectivity index (χ4n) is 4.72. The third kappa shape index (κ3) is 3.50. The van der Waals surface area contributed by atoms with Crippen LogP contribution in [0.1, 0.15) is 55.0 Å². The number of ether oxygens (including phenoxy) is 1. The van der Waals surface area contributed by atoms with E-state index in [-0.39, 0.29) is 11.2 Å². The second-order valence-electron chi connectivity index (χ2n) is 9.26. The summed E-state index contributed by atoms with van der Waals surface area (Å²) in [5.74, 6) is 1.19. The number of hydrogen-bond donors (Lipinski definition) is 0. The van der Waals surface area contributed by atoms with Crippen molar-refractivity contribution in [1.29, 1.82) is 0 Å². The first-order chi connectivity index (χ1) is 15.6. The second-order valence-corrected chi connectivity index (χ2v) is 9.26. The van der Waals surface area contributed by atoms with Gasteiger partial charge in [-0.15, -0.1) is 5.10 Å². The Kier molecular flexibility index (Phi) is 4.60. The van der Waals surface area contributed by atoms with Crippen LogP contribution in [0.3, 0.4) is 0 Å². The van der Waals surface area contributed by atoms with Gasteiger partial charge in [-0.1, -0.05) is 5.16 Å². The van der Waals surface area contributed by atoms with Crippen molar-refractivity contribution in [3.05, 3.63) is 51.8 Å². The molecular weight excluding hydrogens is 408 g/mol. The Balaban J connectivity index is 1.25. The Morgan fingerprint density at radius 1 is 1.19 bits per heavy atom. The number of aromatic nitrogens is 5. The summed E-state index contributed by atoms with van der Waals surface area (Å²) in [6.45, 7) is 4.68. The van der Waals surface area contributed by atoms with E-state index in [2.05, 4.69) is 25.4 Å². The normalized spacial score (nSPS) is 19.8. The molecule has 0 unspecified atom stereocenters. The maximum Gasteiger partial charge on any atom is 0.269 e. The van der Waals surface area contributed by atoms with E-state index >= 15 is 0 Å². The molecule has 3 fully saturated rings. The largest absolute Gasteiger partial charge is 0.371 e. The van der Waals surface area contributed by atoms with Gasteiger partial charge in [0.15, 0.2) is 0 Å². The van der Waals surface area contributed by atoms with Gasteiger partial charge < -0.3 is 14.2 Å². The van der Waals surface area contributed by atoms with Gasteiger partial charge in [-0.3, -0.25) is 4.79 Å². The molecule has 0 radical (unpaired) electrons.